The summed E-state index contributed by atoms with van der Waals surface area (Å²) in [7, 11) is -8.15. The van der Waals surface area contributed by atoms with E-state index >= 15 is 0 Å². The molecule has 4 aromatic rings. The summed E-state index contributed by atoms with van der Waals surface area (Å²) in [6.45, 7) is 0. The largest absolute Gasteiger partial charge is 0.478 e. The Morgan fingerprint density at radius 2 is 1.46 bits per heavy atom. The number of thiophene rings is 1. The zero-order valence-electron chi connectivity index (χ0n) is 18.3. The van der Waals surface area contributed by atoms with Crippen LogP contribution in [0.1, 0.15) is 21.5 Å². The summed E-state index contributed by atoms with van der Waals surface area (Å²) in [5, 5.41) is 10.8. The van der Waals surface area contributed by atoms with Crippen LogP contribution in [0.15, 0.2) is 104 Å². The predicted molar refractivity (Wildman–Crippen MR) is 134 cm³/mol. The van der Waals surface area contributed by atoms with Crippen LogP contribution in [-0.2, 0) is 32.7 Å². The highest BCUT2D eigenvalue weighted by molar-refractivity contribution is 7.96. The highest BCUT2D eigenvalue weighted by atomic mass is 32.2. The highest BCUT2D eigenvalue weighted by Crippen LogP contribution is 2.32. The maximum absolute atomic E-state index is 13.0. The zero-order chi connectivity index (χ0) is 25.1. The maximum atomic E-state index is 13.0. The third-order valence-electron chi connectivity index (χ3n) is 5.32. The van der Waals surface area contributed by atoms with Crippen molar-refractivity contribution in [3.8, 4) is 0 Å². The molecule has 7 nitrogen and oxygen atoms in total. The summed E-state index contributed by atoms with van der Waals surface area (Å²) >= 11 is 0.832. The van der Waals surface area contributed by atoms with Crippen LogP contribution in [0.2, 0.25) is 0 Å². The van der Waals surface area contributed by atoms with Crippen molar-refractivity contribution in [1.82, 2.24) is 0 Å². The topological polar surface area (TPSA) is 118 Å². The molecule has 0 amide bonds. The molecule has 35 heavy (non-hydrogen) atoms. The van der Waals surface area contributed by atoms with Crippen LogP contribution in [-0.4, -0.2) is 27.9 Å². The van der Waals surface area contributed by atoms with Gasteiger partial charge >= 0.3 is 5.97 Å². The van der Waals surface area contributed by atoms with E-state index in [2.05, 4.69) is 4.72 Å². The number of sulfonamides is 1. The minimum Gasteiger partial charge on any atom is -0.478 e. The molecule has 0 aliphatic heterocycles. The second kappa shape index (κ2) is 10.0. The van der Waals surface area contributed by atoms with Gasteiger partial charge in [-0.2, -0.15) is 0 Å². The Labute approximate surface area is 207 Å². The molecule has 0 unspecified atom stereocenters. The number of hydrogen-bond acceptors (Lipinski definition) is 6. The predicted octanol–water partition coefficient (Wildman–Crippen LogP) is 4.87. The average Bonchev–Trinajstić information content (AvgIpc) is 3.36. The molecule has 0 aliphatic rings. The maximum Gasteiger partial charge on any atom is 0.335 e. The summed E-state index contributed by atoms with van der Waals surface area (Å²) in [5.74, 6) is -0.979. The monoisotopic (exact) mass is 527 g/mol. The zero-order valence-corrected chi connectivity index (χ0v) is 20.7. The van der Waals surface area contributed by atoms with Crippen molar-refractivity contribution in [1.29, 1.82) is 0 Å². The number of anilines is 1. The highest BCUT2D eigenvalue weighted by Gasteiger charge is 2.29. The van der Waals surface area contributed by atoms with Crippen LogP contribution in [0.4, 0.5) is 5.69 Å². The summed E-state index contributed by atoms with van der Waals surface area (Å²) in [6, 6.07) is 22.4. The van der Waals surface area contributed by atoms with Crippen molar-refractivity contribution in [3.63, 3.8) is 0 Å². The number of carbonyl (C=O) groups is 1. The first-order chi connectivity index (χ1) is 16.7. The van der Waals surface area contributed by atoms with E-state index < -0.39 is 25.8 Å². The molecule has 0 saturated carbocycles. The molecule has 1 aromatic heterocycles. The fraction of sp³-hybridized carbons (Fsp3) is 0.0800. The second-order valence-corrected chi connectivity index (χ2v) is 12.4. The van der Waals surface area contributed by atoms with E-state index in [1.807, 2.05) is 0 Å². The van der Waals surface area contributed by atoms with Gasteiger partial charge in [-0.3, -0.25) is 4.72 Å². The third kappa shape index (κ3) is 5.45. The van der Waals surface area contributed by atoms with Crippen LogP contribution in [0.5, 0.6) is 0 Å². The molecule has 2 N–H and O–H groups in total. The molecule has 0 bridgehead atoms. The van der Waals surface area contributed by atoms with Gasteiger partial charge in [-0.1, -0.05) is 48.5 Å². The van der Waals surface area contributed by atoms with E-state index in [-0.39, 0.29) is 25.3 Å². The molecule has 0 radical (unpaired) electrons. The number of carboxylic acids is 1. The number of nitrogens with one attached hydrogen (secondary N) is 1. The van der Waals surface area contributed by atoms with Gasteiger partial charge < -0.3 is 5.11 Å². The molecule has 0 spiro atoms. The van der Waals surface area contributed by atoms with Crippen molar-refractivity contribution < 1.29 is 26.7 Å². The van der Waals surface area contributed by atoms with Crippen molar-refractivity contribution in [3.05, 3.63) is 107 Å². The number of rotatable bonds is 9. The molecule has 0 saturated heterocycles. The van der Waals surface area contributed by atoms with E-state index in [0.29, 0.717) is 12.8 Å². The lowest BCUT2D eigenvalue weighted by Gasteiger charge is -2.10. The minimum absolute atomic E-state index is 0.0173. The van der Waals surface area contributed by atoms with Crippen LogP contribution in [0, 0.1) is 0 Å². The smallest absolute Gasteiger partial charge is 0.335 e. The average molecular weight is 528 g/mol. The van der Waals surface area contributed by atoms with Gasteiger partial charge in [-0.05, 0) is 65.7 Å². The lowest BCUT2D eigenvalue weighted by atomic mass is 10.00. The van der Waals surface area contributed by atoms with Gasteiger partial charge in [0.25, 0.3) is 10.0 Å². The van der Waals surface area contributed by atoms with Crippen LogP contribution in [0.3, 0.4) is 0 Å². The Hall–Kier alpha value is -3.47. The van der Waals surface area contributed by atoms with Gasteiger partial charge in [0.05, 0.1) is 10.5 Å². The lowest BCUT2D eigenvalue weighted by Crippen LogP contribution is -2.15. The van der Waals surface area contributed by atoms with E-state index in [0.717, 1.165) is 22.5 Å². The number of carboxylic acid groups (broad SMARTS) is 1. The van der Waals surface area contributed by atoms with Gasteiger partial charge in [-0.15, -0.1) is 11.3 Å². The van der Waals surface area contributed by atoms with Gasteiger partial charge in [0.2, 0.25) is 9.84 Å². The number of sulfone groups is 1. The number of aromatic carboxylic acids is 1. The van der Waals surface area contributed by atoms with Gasteiger partial charge in [-0.25, -0.2) is 21.6 Å². The normalized spacial score (nSPS) is 11.8. The van der Waals surface area contributed by atoms with Crippen LogP contribution >= 0.6 is 11.3 Å². The fourth-order valence-electron chi connectivity index (χ4n) is 3.57. The number of benzene rings is 3. The fourth-order valence-corrected chi connectivity index (χ4v) is 8.21. The molecule has 1 heterocycles. The first kappa shape index (κ1) is 24.6. The Kier molecular flexibility index (Phi) is 7.06. The van der Waals surface area contributed by atoms with E-state index in [1.54, 1.807) is 66.7 Å². The van der Waals surface area contributed by atoms with Crippen molar-refractivity contribution in [2.75, 3.05) is 4.72 Å². The number of hydrogen-bond donors (Lipinski definition) is 2. The molecule has 0 aliphatic carbocycles. The Morgan fingerprint density at radius 3 is 2.14 bits per heavy atom. The summed E-state index contributed by atoms with van der Waals surface area (Å²) in [4.78, 5) is 11.1. The number of aryl methyl sites for hydroxylation is 2. The Morgan fingerprint density at radius 1 is 0.800 bits per heavy atom. The van der Waals surface area contributed by atoms with Crippen molar-refractivity contribution >= 4 is 42.9 Å². The second-order valence-electron chi connectivity index (χ2n) is 7.65. The molecular weight excluding hydrogens is 506 g/mol. The molecule has 4 rings (SSSR count). The first-order valence-electron chi connectivity index (χ1n) is 10.5. The van der Waals surface area contributed by atoms with Gasteiger partial charge in [0, 0.05) is 5.69 Å². The van der Waals surface area contributed by atoms with Gasteiger partial charge in [0.15, 0.2) is 4.21 Å². The van der Waals surface area contributed by atoms with E-state index in [1.165, 1.54) is 23.6 Å². The van der Waals surface area contributed by atoms with E-state index in [9.17, 15) is 26.7 Å². The summed E-state index contributed by atoms with van der Waals surface area (Å²) < 4.78 is 54.2. The standard InChI is InChI=1S/C25H21NO6S3/c27-24(28)22-9-5-4-6-19(22)13-10-18-11-14-20(15-12-18)26-35(31,32)25-23(16-17-33-25)34(29,30)21-7-2-1-3-8-21/h1-9,11-12,14-17,26H,10,13H2,(H,27,28). The lowest BCUT2D eigenvalue weighted by molar-refractivity contribution is 0.0695. The molecule has 0 atom stereocenters. The third-order valence-corrected chi connectivity index (χ3v) is 10.3. The van der Waals surface area contributed by atoms with E-state index in [4.69, 9.17) is 0 Å². The molecule has 10 heteroatoms. The Balaban J connectivity index is 1.50. The van der Waals surface area contributed by atoms with Crippen molar-refractivity contribution in [2.45, 2.75) is 26.8 Å². The quantitative estimate of drug-likeness (QED) is 0.321. The van der Waals surface area contributed by atoms with Gasteiger partial charge in [0.1, 0.15) is 4.90 Å². The SMILES string of the molecule is O=C(O)c1ccccc1CCc1ccc(NS(=O)(=O)c2sccc2S(=O)(=O)c2ccccc2)cc1. The summed E-state index contributed by atoms with van der Waals surface area (Å²) in [6.07, 6.45) is 1.09. The van der Waals surface area contributed by atoms with Crippen molar-refractivity contribution in [2.24, 2.45) is 0 Å². The molecule has 3 aromatic carbocycles. The molecular formula is C25H21NO6S3. The molecule has 180 valence electrons. The van der Waals surface area contributed by atoms with Crippen LogP contribution < -0.4 is 4.72 Å². The van der Waals surface area contributed by atoms with Crippen LogP contribution in [0.25, 0.3) is 0 Å². The molecule has 0 fully saturated rings. The summed E-state index contributed by atoms with van der Waals surface area (Å²) in [5.41, 5.74) is 2.16. The first-order valence-corrected chi connectivity index (χ1v) is 14.3. The Bertz CT molecular complexity index is 1560. The minimum atomic E-state index is -4.15.